The largest absolute Gasteiger partial charge is 0.340 e. The maximum Gasteiger partial charge on any atom is 0.271 e. The van der Waals surface area contributed by atoms with Crippen molar-refractivity contribution in [3.05, 3.63) is 17.5 Å². The highest BCUT2D eigenvalue weighted by atomic mass is 16.2. The Bertz CT molecular complexity index is 415. The lowest BCUT2D eigenvalue weighted by Gasteiger charge is -2.21. The average Bonchev–Trinajstić information content (AvgIpc) is 2.81. The number of amides is 1. The standard InChI is InChI=1S/C14H27N5O/c1-12-11-15-16-13(12)14(20)19(5)8-6-7-18(4)10-9-17(2)3/h11H,6-10H2,1-5H3,(H,15,16). The van der Waals surface area contributed by atoms with Crippen molar-refractivity contribution >= 4 is 5.91 Å². The molecular weight excluding hydrogens is 254 g/mol. The molecule has 6 nitrogen and oxygen atoms in total. The van der Waals surface area contributed by atoms with Gasteiger partial charge in [0.15, 0.2) is 0 Å². The zero-order valence-corrected chi connectivity index (χ0v) is 13.3. The smallest absolute Gasteiger partial charge is 0.271 e. The number of carbonyl (C=O) groups is 1. The Hall–Kier alpha value is -1.40. The molecule has 6 heteroatoms. The normalized spacial score (nSPS) is 11.3. The molecule has 0 saturated carbocycles. The van der Waals surface area contributed by atoms with E-state index in [9.17, 15) is 4.79 Å². The molecule has 0 aromatic carbocycles. The molecule has 0 fully saturated rings. The predicted octanol–water partition coefficient (Wildman–Crippen LogP) is 0.674. The van der Waals surface area contributed by atoms with E-state index in [1.165, 1.54) is 0 Å². The van der Waals surface area contributed by atoms with Crippen molar-refractivity contribution in [2.24, 2.45) is 0 Å². The number of H-pyrrole nitrogens is 1. The van der Waals surface area contributed by atoms with Crippen molar-refractivity contribution in [1.29, 1.82) is 0 Å². The molecule has 1 N–H and O–H groups in total. The number of likely N-dealkylation sites (N-methyl/N-ethyl adjacent to an activating group) is 2. The van der Waals surface area contributed by atoms with Gasteiger partial charge < -0.3 is 14.7 Å². The van der Waals surface area contributed by atoms with E-state index in [1.54, 1.807) is 11.1 Å². The summed E-state index contributed by atoms with van der Waals surface area (Å²) in [6.45, 7) is 5.74. The number of nitrogens with zero attached hydrogens (tertiary/aromatic N) is 4. The predicted molar refractivity (Wildman–Crippen MR) is 81.0 cm³/mol. The molecule has 0 radical (unpaired) electrons. The third-order valence-electron chi connectivity index (χ3n) is 3.35. The molecule has 0 aliphatic heterocycles. The summed E-state index contributed by atoms with van der Waals surface area (Å²) in [5, 5.41) is 6.65. The first-order valence-corrected chi connectivity index (χ1v) is 7.00. The summed E-state index contributed by atoms with van der Waals surface area (Å²) >= 11 is 0. The fourth-order valence-electron chi connectivity index (χ4n) is 1.92. The second kappa shape index (κ2) is 8.01. The summed E-state index contributed by atoms with van der Waals surface area (Å²) in [5.74, 6) is 0.0101. The molecule has 20 heavy (non-hydrogen) atoms. The average molecular weight is 281 g/mol. The highest BCUT2D eigenvalue weighted by Gasteiger charge is 2.15. The van der Waals surface area contributed by atoms with Crippen LogP contribution >= 0.6 is 0 Å². The third-order valence-corrected chi connectivity index (χ3v) is 3.35. The Balaban J connectivity index is 2.28. The van der Waals surface area contributed by atoms with Crippen LogP contribution in [0, 0.1) is 6.92 Å². The van der Waals surface area contributed by atoms with E-state index in [0.29, 0.717) is 5.69 Å². The third kappa shape index (κ3) is 5.30. The zero-order valence-electron chi connectivity index (χ0n) is 13.3. The molecule has 0 aliphatic carbocycles. The minimum atomic E-state index is 0.0101. The van der Waals surface area contributed by atoms with Crippen LogP contribution in [0.1, 0.15) is 22.5 Å². The Morgan fingerprint density at radius 3 is 2.40 bits per heavy atom. The van der Waals surface area contributed by atoms with Gasteiger partial charge in [0, 0.05) is 26.7 Å². The lowest BCUT2D eigenvalue weighted by molar-refractivity contribution is 0.0783. The van der Waals surface area contributed by atoms with Crippen LogP contribution < -0.4 is 0 Å². The van der Waals surface area contributed by atoms with Crippen molar-refractivity contribution < 1.29 is 4.79 Å². The summed E-state index contributed by atoms with van der Waals surface area (Å²) in [4.78, 5) is 18.4. The first-order valence-electron chi connectivity index (χ1n) is 7.00. The second-order valence-electron chi connectivity index (χ2n) is 5.61. The van der Waals surface area contributed by atoms with Crippen LogP contribution in [-0.4, -0.2) is 85.2 Å². The van der Waals surface area contributed by atoms with Crippen molar-refractivity contribution in [2.75, 3.05) is 54.4 Å². The Morgan fingerprint density at radius 1 is 1.15 bits per heavy atom. The van der Waals surface area contributed by atoms with E-state index >= 15 is 0 Å². The molecule has 1 aromatic heterocycles. The van der Waals surface area contributed by atoms with E-state index in [2.05, 4.69) is 41.1 Å². The minimum Gasteiger partial charge on any atom is -0.340 e. The molecule has 0 saturated heterocycles. The van der Waals surface area contributed by atoms with Crippen LogP contribution in [0.4, 0.5) is 0 Å². The molecule has 0 aliphatic rings. The summed E-state index contributed by atoms with van der Waals surface area (Å²) in [5.41, 5.74) is 1.48. The van der Waals surface area contributed by atoms with E-state index in [4.69, 9.17) is 0 Å². The van der Waals surface area contributed by atoms with E-state index in [0.717, 1.165) is 38.2 Å². The van der Waals surface area contributed by atoms with Gasteiger partial charge >= 0.3 is 0 Å². The summed E-state index contributed by atoms with van der Waals surface area (Å²) in [6, 6.07) is 0. The maximum absolute atomic E-state index is 12.2. The molecule has 1 heterocycles. The van der Waals surface area contributed by atoms with Gasteiger partial charge in [0.25, 0.3) is 5.91 Å². The molecule has 1 rings (SSSR count). The molecule has 1 amide bonds. The van der Waals surface area contributed by atoms with Gasteiger partial charge in [-0.15, -0.1) is 0 Å². The van der Waals surface area contributed by atoms with Gasteiger partial charge in [-0.1, -0.05) is 0 Å². The first kappa shape index (κ1) is 16.7. The van der Waals surface area contributed by atoms with Crippen LogP contribution in [0.3, 0.4) is 0 Å². The number of aromatic amines is 1. The van der Waals surface area contributed by atoms with Gasteiger partial charge in [0.05, 0.1) is 6.20 Å². The molecule has 0 atom stereocenters. The van der Waals surface area contributed by atoms with Gasteiger partial charge in [0.1, 0.15) is 5.69 Å². The van der Waals surface area contributed by atoms with E-state index in [1.807, 2.05) is 14.0 Å². The fourth-order valence-corrected chi connectivity index (χ4v) is 1.92. The second-order valence-corrected chi connectivity index (χ2v) is 5.61. The van der Waals surface area contributed by atoms with Crippen molar-refractivity contribution in [3.63, 3.8) is 0 Å². The van der Waals surface area contributed by atoms with E-state index in [-0.39, 0.29) is 5.91 Å². The number of hydrogen-bond acceptors (Lipinski definition) is 4. The Labute approximate surface area is 121 Å². The van der Waals surface area contributed by atoms with Crippen molar-refractivity contribution in [2.45, 2.75) is 13.3 Å². The summed E-state index contributed by atoms with van der Waals surface area (Å²) in [6.07, 6.45) is 2.65. The highest BCUT2D eigenvalue weighted by Crippen LogP contribution is 2.06. The van der Waals surface area contributed by atoms with Crippen LogP contribution in [-0.2, 0) is 0 Å². The van der Waals surface area contributed by atoms with Gasteiger partial charge in [0.2, 0.25) is 0 Å². The number of rotatable bonds is 8. The SMILES string of the molecule is Cc1cn[nH]c1C(=O)N(C)CCCN(C)CCN(C)C. The van der Waals surface area contributed by atoms with Crippen LogP contribution in [0.15, 0.2) is 6.20 Å². The van der Waals surface area contributed by atoms with Crippen LogP contribution in [0.5, 0.6) is 0 Å². The number of aromatic nitrogens is 2. The quantitative estimate of drug-likeness (QED) is 0.761. The molecule has 114 valence electrons. The monoisotopic (exact) mass is 281 g/mol. The highest BCUT2D eigenvalue weighted by molar-refractivity contribution is 5.93. The summed E-state index contributed by atoms with van der Waals surface area (Å²) < 4.78 is 0. The van der Waals surface area contributed by atoms with Crippen LogP contribution in [0.25, 0.3) is 0 Å². The van der Waals surface area contributed by atoms with Gasteiger partial charge in [-0.25, -0.2) is 0 Å². The fraction of sp³-hybridized carbons (Fsp3) is 0.714. The van der Waals surface area contributed by atoms with Crippen molar-refractivity contribution in [3.8, 4) is 0 Å². The molecule has 1 aromatic rings. The number of nitrogens with one attached hydrogen (secondary N) is 1. The molecule has 0 unspecified atom stereocenters. The lowest BCUT2D eigenvalue weighted by Crippen LogP contribution is -2.33. The van der Waals surface area contributed by atoms with Crippen LogP contribution in [0.2, 0.25) is 0 Å². The van der Waals surface area contributed by atoms with Gasteiger partial charge in [-0.05, 0) is 46.6 Å². The molecule has 0 spiro atoms. The summed E-state index contributed by atoms with van der Waals surface area (Å²) in [7, 11) is 8.10. The minimum absolute atomic E-state index is 0.0101. The lowest BCUT2D eigenvalue weighted by atomic mass is 10.2. The molecule has 0 bridgehead atoms. The number of aryl methyl sites for hydroxylation is 1. The topological polar surface area (TPSA) is 55.5 Å². The van der Waals surface area contributed by atoms with E-state index < -0.39 is 0 Å². The van der Waals surface area contributed by atoms with Gasteiger partial charge in [-0.2, -0.15) is 5.10 Å². The Morgan fingerprint density at radius 2 is 1.85 bits per heavy atom. The number of hydrogen-bond donors (Lipinski definition) is 1. The zero-order chi connectivity index (χ0) is 15.1. The first-order chi connectivity index (χ1) is 9.41. The number of carbonyl (C=O) groups excluding carboxylic acids is 1. The van der Waals surface area contributed by atoms with Crippen molar-refractivity contribution in [1.82, 2.24) is 24.9 Å². The van der Waals surface area contributed by atoms with Gasteiger partial charge in [-0.3, -0.25) is 9.89 Å². The molecular formula is C14H27N5O. The Kier molecular flexibility index (Phi) is 6.67. The maximum atomic E-state index is 12.2.